The second-order valence-electron chi connectivity index (χ2n) is 4.48. The number of hydrogen-bond acceptors (Lipinski definition) is 3. The molecular formula is C15H22N4. The molecular weight excluding hydrogens is 236 g/mol. The Bertz CT molecular complexity index is 406. The molecule has 1 aromatic heterocycles. The molecule has 0 aliphatic heterocycles. The maximum Gasteiger partial charge on any atom is 0.182 e. The lowest BCUT2D eigenvalue weighted by molar-refractivity contribution is 0.612. The lowest BCUT2D eigenvalue weighted by Crippen LogP contribution is -2.19. The van der Waals surface area contributed by atoms with E-state index in [0.29, 0.717) is 5.84 Å². The van der Waals surface area contributed by atoms with E-state index >= 15 is 0 Å². The number of aromatic nitrogens is 1. The molecule has 0 atom stereocenters. The van der Waals surface area contributed by atoms with Crippen LogP contribution in [0.4, 0.5) is 0 Å². The second-order valence-corrected chi connectivity index (χ2v) is 4.48. The normalized spacial score (nSPS) is 11.1. The number of unbranched alkanes of at least 4 members (excludes halogenated alkanes) is 5. The van der Waals surface area contributed by atoms with Crippen molar-refractivity contribution in [3.05, 3.63) is 30.1 Å². The van der Waals surface area contributed by atoms with Gasteiger partial charge < -0.3 is 0 Å². The first-order valence-corrected chi connectivity index (χ1v) is 6.98. The molecule has 19 heavy (non-hydrogen) atoms. The van der Waals surface area contributed by atoms with Crippen molar-refractivity contribution in [1.29, 1.82) is 5.26 Å². The van der Waals surface area contributed by atoms with Crippen LogP contribution in [0.25, 0.3) is 0 Å². The molecule has 1 rings (SSSR count). The number of hydrogen-bond donors (Lipinski definition) is 1. The summed E-state index contributed by atoms with van der Waals surface area (Å²) in [5.74, 6) is 0.615. The molecule has 102 valence electrons. The van der Waals surface area contributed by atoms with Crippen LogP contribution in [0.5, 0.6) is 0 Å². The van der Waals surface area contributed by atoms with E-state index in [9.17, 15) is 0 Å². The Hall–Kier alpha value is -1.89. The van der Waals surface area contributed by atoms with Crippen molar-refractivity contribution < 1.29 is 0 Å². The van der Waals surface area contributed by atoms with E-state index < -0.39 is 0 Å². The van der Waals surface area contributed by atoms with Crippen molar-refractivity contribution in [2.75, 3.05) is 6.54 Å². The molecule has 0 saturated carbocycles. The quantitative estimate of drug-likeness (QED) is 0.256. The van der Waals surface area contributed by atoms with Crippen molar-refractivity contribution in [3.8, 4) is 6.19 Å². The largest absolute Gasteiger partial charge is 0.277 e. The molecule has 0 bridgehead atoms. The van der Waals surface area contributed by atoms with E-state index in [1.165, 1.54) is 32.1 Å². The summed E-state index contributed by atoms with van der Waals surface area (Å²) in [5.41, 5.74) is 0.857. The Labute approximate surface area is 115 Å². The highest BCUT2D eigenvalue weighted by Gasteiger charge is 2.01. The van der Waals surface area contributed by atoms with Crippen LogP contribution in [0.1, 0.15) is 51.0 Å². The maximum atomic E-state index is 8.74. The first-order chi connectivity index (χ1) is 9.38. The van der Waals surface area contributed by atoms with Crippen LogP contribution in [0, 0.1) is 11.5 Å². The summed E-state index contributed by atoms with van der Waals surface area (Å²) >= 11 is 0. The van der Waals surface area contributed by atoms with E-state index in [1.807, 2.05) is 18.3 Å². The Morgan fingerprint density at radius 3 is 2.79 bits per heavy atom. The molecule has 0 fully saturated rings. The van der Waals surface area contributed by atoms with Gasteiger partial charge in [-0.3, -0.25) is 15.3 Å². The molecule has 1 N–H and O–H groups in total. The van der Waals surface area contributed by atoms with Gasteiger partial charge in [0, 0.05) is 24.5 Å². The van der Waals surface area contributed by atoms with Gasteiger partial charge in [0.2, 0.25) is 0 Å². The molecule has 0 amide bonds. The van der Waals surface area contributed by atoms with E-state index in [4.69, 9.17) is 5.26 Å². The lowest BCUT2D eigenvalue weighted by Gasteiger charge is -2.04. The van der Waals surface area contributed by atoms with Gasteiger partial charge >= 0.3 is 0 Å². The fraction of sp³-hybridized carbons (Fsp3) is 0.533. The number of nitrogens with zero attached hydrogens (tertiary/aromatic N) is 3. The van der Waals surface area contributed by atoms with Crippen molar-refractivity contribution in [2.45, 2.75) is 45.4 Å². The van der Waals surface area contributed by atoms with Crippen LogP contribution in [0.3, 0.4) is 0 Å². The zero-order chi connectivity index (χ0) is 13.8. The third-order valence-electron chi connectivity index (χ3n) is 2.89. The highest BCUT2D eigenvalue weighted by Crippen LogP contribution is 2.05. The minimum atomic E-state index is 0.615. The van der Waals surface area contributed by atoms with Crippen LogP contribution >= 0.6 is 0 Å². The van der Waals surface area contributed by atoms with Gasteiger partial charge in [-0.25, -0.2) is 0 Å². The molecule has 0 unspecified atom stereocenters. The Morgan fingerprint density at radius 1 is 1.32 bits per heavy atom. The smallest absolute Gasteiger partial charge is 0.182 e. The van der Waals surface area contributed by atoms with Crippen molar-refractivity contribution in [1.82, 2.24) is 10.3 Å². The monoisotopic (exact) mass is 258 g/mol. The zero-order valence-corrected chi connectivity index (χ0v) is 11.6. The van der Waals surface area contributed by atoms with E-state index in [-0.39, 0.29) is 0 Å². The molecule has 0 aliphatic rings. The summed E-state index contributed by atoms with van der Waals surface area (Å²) in [7, 11) is 0. The number of nitriles is 1. The van der Waals surface area contributed by atoms with E-state index in [2.05, 4.69) is 22.2 Å². The maximum absolute atomic E-state index is 8.74. The highest BCUT2D eigenvalue weighted by atomic mass is 15.0. The zero-order valence-electron chi connectivity index (χ0n) is 11.6. The fourth-order valence-corrected chi connectivity index (χ4v) is 1.84. The van der Waals surface area contributed by atoms with Crippen molar-refractivity contribution in [2.24, 2.45) is 4.99 Å². The predicted octanol–water partition coefficient (Wildman–Crippen LogP) is 3.26. The molecule has 1 heterocycles. The standard InChI is InChI=1S/C15H22N4/c1-2-3-4-5-6-7-11-18-15(19-13-16)14-9-8-10-17-12-14/h8-10,12H,2-7,11H2,1H3,(H,18,19). The van der Waals surface area contributed by atoms with Gasteiger partial charge in [0.15, 0.2) is 6.19 Å². The summed E-state index contributed by atoms with van der Waals surface area (Å²) in [4.78, 5) is 8.48. The van der Waals surface area contributed by atoms with Gasteiger partial charge in [-0.1, -0.05) is 39.0 Å². The molecule has 0 aliphatic carbocycles. The van der Waals surface area contributed by atoms with Gasteiger partial charge in [0.05, 0.1) is 0 Å². The van der Waals surface area contributed by atoms with Crippen LogP contribution in [0.2, 0.25) is 0 Å². The fourth-order valence-electron chi connectivity index (χ4n) is 1.84. The molecule has 4 nitrogen and oxygen atoms in total. The summed E-state index contributed by atoms with van der Waals surface area (Å²) in [6, 6.07) is 3.74. The summed E-state index contributed by atoms with van der Waals surface area (Å²) < 4.78 is 0. The second kappa shape index (κ2) is 10.1. The van der Waals surface area contributed by atoms with Crippen molar-refractivity contribution >= 4 is 5.84 Å². The third-order valence-corrected chi connectivity index (χ3v) is 2.89. The molecule has 0 spiro atoms. The Kier molecular flexibility index (Phi) is 8.04. The van der Waals surface area contributed by atoms with E-state index in [0.717, 1.165) is 18.5 Å². The van der Waals surface area contributed by atoms with Crippen molar-refractivity contribution in [3.63, 3.8) is 0 Å². The average Bonchev–Trinajstić information content (AvgIpc) is 2.46. The highest BCUT2D eigenvalue weighted by molar-refractivity contribution is 5.99. The number of nitrogens with one attached hydrogen (secondary N) is 1. The number of rotatable bonds is 8. The molecule has 0 radical (unpaired) electrons. The molecule has 1 aromatic rings. The summed E-state index contributed by atoms with van der Waals surface area (Å²) in [5, 5.41) is 11.4. The summed E-state index contributed by atoms with van der Waals surface area (Å²) in [6.07, 6.45) is 12.8. The van der Waals surface area contributed by atoms with Gasteiger partial charge in [-0.2, -0.15) is 5.26 Å². The van der Waals surface area contributed by atoms with Gasteiger partial charge in [-0.05, 0) is 18.6 Å². The number of aliphatic imine (C=N–C) groups is 1. The van der Waals surface area contributed by atoms with Crippen LogP contribution in [-0.2, 0) is 0 Å². The summed E-state index contributed by atoms with van der Waals surface area (Å²) in [6.45, 7) is 2.98. The third kappa shape index (κ3) is 6.56. The Balaban J connectivity index is 2.36. The molecule has 0 saturated heterocycles. The van der Waals surface area contributed by atoms with Crippen LogP contribution in [-0.4, -0.2) is 17.4 Å². The van der Waals surface area contributed by atoms with Gasteiger partial charge in [0.1, 0.15) is 5.84 Å². The molecule has 0 aromatic carbocycles. The first kappa shape index (κ1) is 15.2. The van der Waals surface area contributed by atoms with Crippen LogP contribution in [0.15, 0.2) is 29.5 Å². The van der Waals surface area contributed by atoms with Gasteiger partial charge in [0.25, 0.3) is 0 Å². The Morgan fingerprint density at radius 2 is 2.11 bits per heavy atom. The minimum absolute atomic E-state index is 0.615. The predicted molar refractivity (Wildman–Crippen MR) is 77.8 cm³/mol. The topological polar surface area (TPSA) is 61.1 Å². The number of pyridine rings is 1. The first-order valence-electron chi connectivity index (χ1n) is 6.98. The lowest BCUT2D eigenvalue weighted by atomic mass is 10.1. The number of amidine groups is 1. The van der Waals surface area contributed by atoms with E-state index in [1.54, 1.807) is 12.4 Å². The minimum Gasteiger partial charge on any atom is -0.277 e. The average molecular weight is 258 g/mol. The van der Waals surface area contributed by atoms with Crippen LogP contribution < -0.4 is 5.32 Å². The van der Waals surface area contributed by atoms with Gasteiger partial charge in [-0.15, -0.1) is 0 Å². The molecule has 4 heteroatoms. The SMILES string of the molecule is CCCCCCCCN=C(NC#N)c1cccnc1.